The summed E-state index contributed by atoms with van der Waals surface area (Å²) in [4.78, 5) is 26.8. The van der Waals surface area contributed by atoms with Crippen molar-refractivity contribution in [3.05, 3.63) is 24.3 Å². The van der Waals surface area contributed by atoms with Crippen LogP contribution in [0.15, 0.2) is 29.2 Å². The van der Waals surface area contributed by atoms with E-state index in [4.69, 9.17) is 0 Å². The number of nitrogens with zero attached hydrogens (tertiary/aromatic N) is 1. The molecule has 1 unspecified atom stereocenters. The Morgan fingerprint density at radius 3 is 2.68 bits per heavy atom. The topological polar surface area (TPSA) is 49.4 Å². The monoisotopic (exact) mass is 278 g/mol. The molecule has 4 nitrogen and oxygen atoms in total. The zero-order valence-corrected chi connectivity index (χ0v) is 12.0. The van der Waals surface area contributed by atoms with E-state index >= 15 is 0 Å². The number of hydrogen-bond acceptors (Lipinski definition) is 3. The summed E-state index contributed by atoms with van der Waals surface area (Å²) in [6, 6.07) is 7.67. The lowest BCUT2D eigenvalue weighted by molar-refractivity contribution is -0.132. The Morgan fingerprint density at radius 2 is 2.00 bits per heavy atom. The Kier molecular flexibility index (Phi) is 4.47. The van der Waals surface area contributed by atoms with Crippen LogP contribution in [0, 0.1) is 0 Å². The summed E-state index contributed by atoms with van der Waals surface area (Å²) in [6.07, 6.45) is 0.256. The molecule has 0 bridgehead atoms. The van der Waals surface area contributed by atoms with E-state index in [0.717, 1.165) is 10.6 Å². The van der Waals surface area contributed by atoms with Crippen LogP contribution in [0.25, 0.3) is 0 Å². The maximum absolute atomic E-state index is 12.1. The molecule has 0 spiro atoms. The number of rotatable bonds is 4. The van der Waals surface area contributed by atoms with Crippen molar-refractivity contribution in [2.75, 3.05) is 18.4 Å². The van der Waals surface area contributed by atoms with E-state index in [1.165, 1.54) is 11.8 Å². The first-order valence-electron chi connectivity index (χ1n) is 6.50. The summed E-state index contributed by atoms with van der Waals surface area (Å²) >= 11 is 1.47. The van der Waals surface area contributed by atoms with Crippen molar-refractivity contribution in [2.45, 2.75) is 30.4 Å². The number of nitrogens with one attached hydrogen (secondary N) is 1. The number of carbonyl (C=O) groups excluding carboxylic acids is 2. The highest BCUT2D eigenvalue weighted by Gasteiger charge is 2.29. The molecule has 1 N–H and O–H groups in total. The second kappa shape index (κ2) is 6.10. The Bertz CT molecular complexity index is 486. The van der Waals surface area contributed by atoms with Crippen molar-refractivity contribution in [1.29, 1.82) is 0 Å². The van der Waals surface area contributed by atoms with Gasteiger partial charge < -0.3 is 10.2 Å². The molecule has 1 aromatic rings. The van der Waals surface area contributed by atoms with Gasteiger partial charge in [0.2, 0.25) is 11.8 Å². The van der Waals surface area contributed by atoms with Gasteiger partial charge in [-0.3, -0.25) is 9.59 Å². The van der Waals surface area contributed by atoms with Crippen molar-refractivity contribution >= 4 is 29.3 Å². The zero-order chi connectivity index (χ0) is 13.8. The second-order valence-electron chi connectivity index (χ2n) is 4.36. The van der Waals surface area contributed by atoms with Gasteiger partial charge in [-0.25, -0.2) is 0 Å². The van der Waals surface area contributed by atoms with E-state index < -0.39 is 0 Å². The van der Waals surface area contributed by atoms with Crippen molar-refractivity contribution in [3.8, 4) is 0 Å². The largest absolute Gasteiger partial charge is 0.343 e. The van der Waals surface area contributed by atoms with Gasteiger partial charge in [0.05, 0.1) is 10.9 Å². The molecule has 0 saturated carbocycles. The number of benzene rings is 1. The van der Waals surface area contributed by atoms with E-state index in [1.807, 2.05) is 38.1 Å². The molecule has 1 heterocycles. The number of hydrogen-bond donors (Lipinski definition) is 1. The molecule has 1 aliphatic heterocycles. The Hall–Kier alpha value is -1.49. The molecule has 0 aromatic heterocycles. The Labute approximate surface area is 117 Å². The highest BCUT2D eigenvalue weighted by molar-refractivity contribution is 8.01. The van der Waals surface area contributed by atoms with Gasteiger partial charge in [-0.05, 0) is 26.0 Å². The average molecular weight is 278 g/mol. The van der Waals surface area contributed by atoms with E-state index in [1.54, 1.807) is 4.90 Å². The molecule has 0 radical (unpaired) electrons. The molecule has 1 aliphatic rings. The highest BCUT2D eigenvalue weighted by atomic mass is 32.2. The molecular weight excluding hydrogens is 260 g/mol. The zero-order valence-electron chi connectivity index (χ0n) is 11.2. The van der Waals surface area contributed by atoms with Gasteiger partial charge in [0.25, 0.3) is 0 Å². The lowest BCUT2D eigenvalue weighted by Crippen LogP contribution is -2.37. The smallest absolute Gasteiger partial charge is 0.238 e. The molecule has 5 heteroatoms. The minimum atomic E-state index is -0.331. The van der Waals surface area contributed by atoms with E-state index in [2.05, 4.69) is 5.32 Å². The summed E-state index contributed by atoms with van der Waals surface area (Å²) in [5, 5.41) is 2.53. The molecular formula is C14H18N2O2S. The van der Waals surface area contributed by atoms with Gasteiger partial charge in [0, 0.05) is 24.4 Å². The predicted molar refractivity (Wildman–Crippen MR) is 77.3 cm³/mol. The molecule has 1 atom stereocenters. The minimum absolute atomic E-state index is 0.0389. The molecule has 1 aromatic carbocycles. The number of fused-ring (bicyclic) bond motifs is 1. The summed E-state index contributed by atoms with van der Waals surface area (Å²) < 4.78 is 0. The first-order chi connectivity index (χ1) is 9.15. The number of carbonyl (C=O) groups is 2. The average Bonchev–Trinajstić information content (AvgIpc) is 2.41. The van der Waals surface area contributed by atoms with Gasteiger partial charge >= 0.3 is 0 Å². The van der Waals surface area contributed by atoms with Crippen LogP contribution < -0.4 is 5.32 Å². The van der Waals surface area contributed by atoms with Crippen LogP contribution >= 0.6 is 11.8 Å². The molecule has 0 aliphatic carbocycles. The molecule has 2 amide bonds. The van der Waals surface area contributed by atoms with E-state index in [9.17, 15) is 9.59 Å². The van der Waals surface area contributed by atoms with Crippen LogP contribution in [0.2, 0.25) is 0 Å². The van der Waals surface area contributed by atoms with Crippen LogP contribution in [0.1, 0.15) is 20.3 Å². The summed E-state index contributed by atoms with van der Waals surface area (Å²) in [5.41, 5.74) is 0.837. The summed E-state index contributed by atoms with van der Waals surface area (Å²) in [5.74, 6) is -0.0405. The predicted octanol–water partition coefficient (Wildman–Crippen LogP) is 2.36. The third kappa shape index (κ3) is 3.10. The van der Waals surface area contributed by atoms with Gasteiger partial charge in [-0.2, -0.15) is 0 Å². The van der Waals surface area contributed by atoms with Gasteiger partial charge in [-0.15, -0.1) is 11.8 Å². The normalized spacial score (nSPS) is 17.6. The number of amides is 2. The summed E-state index contributed by atoms with van der Waals surface area (Å²) in [7, 11) is 0. The second-order valence-corrected chi connectivity index (χ2v) is 5.61. The number of para-hydroxylation sites is 1. The first-order valence-corrected chi connectivity index (χ1v) is 7.38. The maximum atomic E-state index is 12.1. The lowest BCUT2D eigenvalue weighted by Gasteiger charge is -2.26. The molecule has 2 rings (SSSR count). The van der Waals surface area contributed by atoms with Crippen molar-refractivity contribution in [1.82, 2.24) is 4.90 Å². The van der Waals surface area contributed by atoms with Gasteiger partial charge in [0.1, 0.15) is 0 Å². The molecule has 0 fully saturated rings. The van der Waals surface area contributed by atoms with Crippen LogP contribution in [0.5, 0.6) is 0 Å². The third-order valence-corrected chi connectivity index (χ3v) is 4.46. The fourth-order valence-electron chi connectivity index (χ4n) is 2.09. The highest BCUT2D eigenvalue weighted by Crippen LogP contribution is 2.36. The third-order valence-electron chi connectivity index (χ3n) is 3.18. The van der Waals surface area contributed by atoms with Gasteiger partial charge in [0.15, 0.2) is 0 Å². The van der Waals surface area contributed by atoms with Crippen LogP contribution in [0.4, 0.5) is 5.69 Å². The quantitative estimate of drug-likeness (QED) is 0.920. The van der Waals surface area contributed by atoms with Crippen LogP contribution in [-0.4, -0.2) is 35.1 Å². The van der Waals surface area contributed by atoms with Crippen molar-refractivity contribution in [2.24, 2.45) is 0 Å². The van der Waals surface area contributed by atoms with Crippen LogP contribution in [0.3, 0.4) is 0 Å². The SMILES string of the molecule is CCN(CC)C(=O)CC1Sc2ccccc2NC1=O. The van der Waals surface area contributed by atoms with Crippen molar-refractivity contribution in [3.63, 3.8) is 0 Å². The van der Waals surface area contributed by atoms with E-state index in [-0.39, 0.29) is 23.5 Å². The van der Waals surface area contributed by atoms with Crippen LogP contribution in [-0.2, 0) is 9.59 Å². The Morgan fingerprint density at radius 1 is 1.32 bits per heavy atom. The van der Waals surface area contributed by atoms with Gasteiger partial charge in [-0.1, -0.05) is 12.1 Å². The standard InChI is InChI=1S/C14H18N2O2S/c1-3-16(4-2)13(17)9-12-14(18)15-10-7-5-6-8-11(10)19-12/h5-8,12H,3-4,9H2,1-2H3,(H,15,18). The number of thioether (sulfide) groups is 1. The maximum Gasteiger partial charge on any atom is 0.238 e. The molecule has 0 saturated heterocycles. The summed E-state index contributed by atoms with van der Waals surface area (Å²) in [6.45, 7) is 5.27. The fraction of sp³-hybridized carbons (Fsp3) is 0.429. The first kappa shape index (κ1) is 13.9. The molecule has 19 heavy (non-hydrogen) atoms. The fourth-order valence-corrected chi connectivity index (χ4v) is 3.19. The molecule has 102 valence electrons. The minimum Gasteiger partial charge on any atom is -0.343 e. The van der Waals surface area contributed by atoms with E-state index in [0.29, 0.717) is 13.1 Å². The number of anilines is 1. The lowest BCUT2D eigenvalue weighted by atomic mass is 10.2. The van der Waals surface area contributed by atoms with Crippen molar-refractivity contribution < 1.29 is 9.59 Å². The Balaban J connectivity index is 2.07.